The van der Waals surface area contributed by atoms with E-state index in [-0.39, 0.29) is 11.7 Å². The van der Waals surface area contributed by atoms with Crippen molar-refractivity contribution >= 4 is 28.2 Å². The molecule has 5 nitrogen and oxygen atoms in total. The van der Waals surface area contributed by atoms with Crippen molar-refractivity contribution in [2.24, 2.45) is 0 Å². The molecule has 1 aromatic heterocycles. The minimum absolute atomic E-state index is 0.00547. The van der Waals surface area contributed by atoms with Gasteiger partial charge in [0.2, 0.25) is 5.91 Å². The van der Waals surface area contributed by atoms with Crippen molar-refractivity contribution in [1.82, 2.24) is 15.1 Å². The summed E-state index contributed by atoms with van der Waals surface area (Å²) < 4.78 is 15.1. The first kappa shape index (κ1) is 21.3. The third kappa shape index (κ3) is 4.25. The molecule has 1 N–H and O–H groups in total. The first-order valence-electron chi connectivity index (χ1n) is 10.4. The summed E-state index contributed by atoms with van der Waals surface area (Å²) >= 11 is 0. The Kier molecular flexibility index (Phi) is 6.03. The lowest BCUT2D eigenvalue weighted by Crippen LogP contribution is -2.23. The number of aromatic nitrogens is 2. The summed E-state index contributed by atoms with van der Waals surface area (Å²) in [6.45, 7) is 4.16. The number of nitrogens with zero attached hydrogens (tertiary/aromatic N) is 3. The quantitative estimate of drug-likeness (QED) is 0.454. The van der Waals surface area contributed by atoms with Crippen LogP contribution in [0.25, 0.3) is 22.3 Å². The lowest BCUT2D eigenvalue weighted by atomic mass is 10.1. The average molecular weight is 429 g/mol. The van der Waals surface area contributed by atoms with Crippen LogP contribution < -0.4 is 10.2 Å². The molecule has 0 aliphatic carbocycles. The maximum absolute atomic E-state index is 13.3. The van der Waals surface area contributed by atoms with Gasteiger partial charge in [-0.3, -0.25) is 4.79 Å². The second kappa shape index (κ2) is 9.06. The molecule has 0 aliphatic heterocycles. The standard InChI is InChI=1S/C26H25FN4O/c1-4-25(28-16-19-7-5-8-22(15-19)30(3)18(2)32)23-9-6-10-26-24(23)17-29-31(26)21-13-11-20(27)12-14-21/h4-15,17,28H,16H2,1-3H3/b25-4-. The molecule has 0 spiro atoms. The number of halogens is 1. The summed E-state index contributed by atoms with van der Waals surface area (Å²) in [6.07, 6.45) is 3.87. The summed E-state index contributed by atoms with van der Waals surface area (Å²) in [4.78, 5) is 13.3. The number of hydrogen-bond acceptors (Lipinski definition) is 3. The lowest BCUT2D eigenvalue weighted by Gasteiger charge is -2.17. The highest BCUT2D eigenvalue weighted by Crippen LogP contribution is 2.26. The van der Waals surface area contributed by atoms with Gasteiger partial charge in [-0.25, -0.2) is 9.07 Å². The first-order valence-corrected chi connectivity index (χ1v) is 10.4. The predicted molar refractivity (Wildman–Crippen MR) is 127 cm³/mol. The van der Waals surface area contributed by atoms with Crippen molar-refractivity contribution in [1.29, 1.82) is 0 Å². The summed E-state index contributed by atoms with van der Waals surface area (Å²) in [5.74, 6) is -0.279. The number of benzene rings is 3. The van der Waals surface area contributed by atoms with Crippen LogP contribution in [0.15, 0.2) is 79.0 Å². The minimum atomic E-state index is -0.273. The van der Waals surface area contributed by atoms with E-state index in [1.165, 1.54) is 12.1 Å². The topological polar surface area (TPSA) is 50.2 Å². The van der Waals surface area contributed by atoms with Crippen LogP contribution >= 0.6 is 0 Å². The van der Waals surface area contributed by atoms with Gasteiger partial charge in [0.05, 0.1) is 17.4 Å². The lowest BCUT2D eigenvalue weighted by molar-refractivity contribution is -0.116. The molecule has 32 heavy (non-hydrogen) atoms. The zero-order chi connectivity index (χ0) is 22.7. The number of carbonyl (C=O) groups excluding carboxylic acids is 1. The molecule has 0 aliphatic rings. The van der Waals surface area contributed by atoms with E-state index in [0.29, 0.717) is 6.54 Å². The van der Waals surface area contributed by atoms with Crippen LogP contribution in [-0.4, -0.2) is 22.7 Å². The second-order valence-electron chi connectivity index (χ2n) is 7.58. The molecule has 4 rings (SSSR count). The monoisotopic (exact) mass is 428 g/mol. The number of nitrogens with one attached hydrogen (secondary N) is 1. The Balaban J connectivity index is 1.60. The third-order valence-corrected chi connectivity index (χ3v) is 5.52. The van der Waals surface area contributed by atoms with Gasteiger partial charge in [0.25, 0.3) is 0 Å². The summed E-state index contributed by atoms with van der Waals surface area (Å²) in [7, 11) is 1.77. The molecule has 0 bridgehead atoms. The zero-order valence-electron chi connectivity index (χ0n) is 18.3. The maximum Gasteiger partial charge on any atom is 0.223 e. The number of fused-ring (bicyclic) bond motifs is 1. The fourth-order valence-electron chi connectivity index (χ4n) is 3.68. The minimum Gasteiger partial charge on any atom is -0.381 e. The summed E-state index contributed by atoms with van der Waals surface area (Å²) in [6, 6.07) is 20.3. The molecule has 1 amide bonds. The Morgan fingerprint density at radius 2 is 1.88 bits per heavy atom. The van der Waals surface area contributed by atoms with Gasteiger partial charge in [-0.05, 0) is 55.0 Å². The van der Waals surface area contributed by atoms with E-state index in [1.807, 2.05) is 60.3 Å². The van der Waals surface area contributed by atoms with Gasteiger partial charge in [-0.1, -0.05) is 30.3 Å². The Labute approximate surface area is 186 Å². The van der Waals surface area contributed by atoms with E-state index in [1.54, 1.807) is 31.0 Å². The molecule has 162 valence electrons. The van der Waals surface area contributed by atoms with Crippen molar-refractivity contribution in [3.05, 3.63) is 95.9 Å². The third-order valence-electron chi connectivity index (χ3n) is 5.52. The number of carbonyl (C=O) groups is 1. The summed E-state index contributed by atoms with van der Waals surface area (Å²) in [5.41, 5.74) is 5.71. The van der Waals surface area contributed by atoms with E-state index >= 15 is 0 Å². The van der Waals surface area contributed by atoms with E-state index in [4.69, 9.17) is 0 Å². The normalized spacial score (nSPS) is 11.6. The SMILES string of the molecule is C/C=C(\NCc1cccc(N(C)C(C)=O)c1)c1cccc2c1cnn2-c1ccc(F)cc1. The van der Waals surface area contributed by atoms with Gasteiger partial charge < -0.3 is 10.2 Å². The Morgan fingerprint density at radius 3 is 2.59 bits per heavy atom. The maximum atomic E-state index is 13.3. The van der Waals surface area contributed by atoms with Crippen molar-refractivity contribution in [3.63, 3.8) is 0 Å². The van der Waals surface area contributed by atoms with Crippen LogP contribution in [0.1, 0.15) is 25.0 Å². The van der Waals surface area contributed by atoms with E-state index in [0.717, 1.165) is 39.1 Å². The van der Waals surface area contributed by atoms with Gasteiger partial charge in [-0.2, -0.15) is 5.10 Å². The van der Waals surface area contributed by atoms with Crippen molar-refractivity contribution < 1.29 is 9.18 Å². The van der Waals surface area contributed by atoms with E-state index in [2.05, 4.69) is 16.5 Å². The molecule has 0 atom stereocenters. The van der Waals surface area contributed by atoms with E-state index < -0.39 is 0 Å². The van der Waals surface area contributed by atoms with E-state index in [9.17, 15) is 9.18 Å². The fourth-order valence-corrected chi connectivity index (χ4v) is 3.68. The molecule has 3 aromatic carbocycles. The predicted octanol–water partition coefficient (Wildman–Crippen LogP) is 5.30. The Hall–Kier alpha value is -3.93. The molecular weight excluding hydrogens is 403 g/mol. The van der Waals surface area contributed by atoms with Crippen LogP contribution in [0, 0.1) is 5.82 Å². The molecule has 0 fully saturated rings. The molecule has 1 heterocycles. The number of allylic oxidation sites excluding steroid dienone is 1. The summed E-state index contributed by atoms with van der Waals surface area (Å²) in [5, 5.41) is 9.06. The molecule has 0 radical (unpaired) electrons. The highest BCUT2D eigenvalue weighted by molar-refractivity contribution is 5.92. The first-order chi connectivity index (χ1) is 15.5. The van der Waals surface area contributed by atoms with Crippen LogP contribution in [0.2, 0.25) is 0 Å². The van der Waals surface area contributed by atoms with Gasteiger partial charge in [-0.15, -0.1) is 0 Å². The van der Waals surface area contributed by atoms with Crippen molar-refractivity contribution in [3.8, 4) is 5.69 Å². The van der Waals surface area contributed by atoms with Crippen LogP contribution in [0.5, 0.6) is 0 Å². The Bertz CT molecular complexity index is 1290. The van der Waals surface area contributed by atoms with Crippen molar-refractivity contribution in [2.45, 2.75) is 20.4 Å². The van der Waals surface area contributed by atoms with Gasteiger partial charge in [0.1, 0.15) is 5.82 Å². The molecular formula is C26H25FN4O. The van der Waals surface area contributed by atoms with Crippen LogP contribution in [0.3, 0.4) is 0 Å². The number of rotatable bonds is 6. The van der Waals surface area contributed by atoms with Crippen LogP contribution in [0.4, 0.5) is 10.1 Å². The smallest absolute Gasteiger partial charge is 0.223 e. The van der Waals surface area contributed by atoms with Gasteiger partial charge in [0, 0.05) is 42.9 Å². The van der Waals surface area contributed by atoms with Gasteiger partial charge in [0.15, 0.2) is 0 Å². The molecule has 6 heteroatoms. The zero-order valence-corrected chi connectivity index (χ0v) is 18.3. The second-order valence-corrected chi connectivity index (χ2v) is 7.58. The van der Waals surface area contributed by atoms with Crippen LogP contribution in [-0.2, 0) is 11.3 Å². The number of amides is 1. The fraction of sp³-hybridized carbons (Fsp3) is 0.154. The highest BCUT2D eigenvalue weighted by Gasteiger charge is 2.12. The average Bonchev–Trinajstić information content (AvgIpc) is 3.24. The highest BCUT2D eigenvalue weighted by atomic mass is 19.1. The largest absolute Gasteiger partial charge is 0.381 e. The molecule has 0 saturated carbocycles. The van der Waals surface area contributed by atoms with Crippen molar-refractivity contribution in [2.75, 3.05) is 11.9 Å². The molecule has 0 saturated heterocycles. The number of hydrogen-bond donors (Lipinski definition) is 1. The van der Waals surface area contributed by atoms with Gasteiger partial charge >= 0.3 is 0 Å². The number of anilines is 1. The molecule has 0 unspecified atom stereocenters. The Morgan fingerprint density at radius 1 is 1.12 bits per heavy atom. The molecule has 4 aromatic rings.